The van der Waals surface area contributed by atoms with Crippen LogP contribution in [0, 0.1) is 0 Å². The van der Waals surface area contributed by atoms with E-state index in [2.05, 4.69) is 4.74 Å². The SMILES string of the molecule is CCCc1cccc(C(O)COCC(F)(F)F)c1. The highest BCUT2D eigenvalue weighted by molar-refractivity contribution is 5.25. The Kier molecular flexibility index (Phi) is 5.62. The van der Waals surface area contributed by atoms with Crippen LogP contribution >= 0.6 is 0 Å². The third-order valence-electron chi connectivity index (χ3n) is 2.42. The van der Waals surface area contributed by atoms with E-state index >= 15 is 0 Å². The number of hydrogen-bond donors (Lipinski definition) is 1. The van der Waals surface area contributed by atoms with Crippen molar-refractivity contribution in [3.05, 3.63) is 35.4 Å². The van der Waals surface area contributed by atoms with E-state index in [1.807, 2.05) is 13.0 Å². The highest BCUT2D eigenvalue weighted by atomic mass is 19.4. The van der Waals surface area contributed by atoms with Crippen molar-refractivity contribution >= 4 is 0 Å². The minimum Gasteiger partial charge on any atom is -0.386 e. The fraction of sp³-hybridized carbons (Fsp3) is 0.538. The smallest absolute Gasteiger partial charge is 0.386 e. The van der Waals surface area contributed by atoms with Gasteiger partial charge >= 0.3 is 6.18 Å². The van der Waals surface area contributed by atoms with E-state index in [-0.39, 0.29) is 6.61 Å². The second kappa shape index (κ2) is 6.75. The summed E-state index contributed by atoms with van der Waals surface area (Å²) >= 11 is 0. The molecule has 0 aliphatic heterocycles. The van der Waals surface area contributed by atoms with E-state index in [1.165, 1.54) is 0 Å². The monoisotopic (exact) mass is 262 g/mol. The molecule has 0 heterocycles. The summed E-state index contributed by atoms with van der Waals surface area (Å²) in [5.74, 6) is 0. The van der Waals surface area contributed by atoms with Gasteiger partial charge < -0.3 is 9.84 Å². The second-order valence-electron chi connectivity index (χ2n) is 4.14. The Morgan fingerprint density at radius 3 is 2.67 bits per heavy atom. The molecule has 2 nitrogen and oxygen atoms in total. The Morgan fingerprint density at radius 1 is 1.33 bits per heavy atom. The first-order valence-electron chi connectivity index (χ1n) is 5.84. The first-order valence-corrected chi connectivity index (χ1v) is 5.84. The molecule has 0 aliphatic rings. The van der Waals surface area contributed by atoms with Crippen LogP contribution in [0.3, 0.4) is 0 Å². The van der Waals surface area contributed by atoms with Crippen LogP contribution in [0.4, 0.5) is 13.2 Å². The van der Waals surface area contributed by atoms with E-state index < -0.39 is 18.9 Å². The van der Waals surface area contributed by atoms with Crippen molar-refractivity contribution in [3.8, 4) is 0 Å². The Hall–Kier alpha value is -1.07. The van der Waals surface area contributed by atoms with Crippen molar-refractivity contribution in [1.82, 2.24) is 0 Å². The fourth-order valence-corrected chi connectivity index (χ4v) is 1.63. The van der Waals surface area contributed by atoms with Crippen LogP contribution in [0.25, 0.3) is 0 Å². The molecule has 1 unspecified atom stereocenters. The molecule has 0 aromatic heterocycles. The second-order valence-corrected chi connectivity index (χ2v) is 4.14. The number of aliphatic hydroxyl groups is 1. The standard InChI is InChI=1S/C13H17F3O2/c1-2-4-10-5-3-6-11(7-10)12(17)8-18-9-13(14,15)16/h3,5-7,12,17H,2,4,8-9H2,1H3. The molecule has 18 heavy (non-hydrogen) atoms. The van der Waals surface area contributed by atoms with E-state index in [0.717, 1.165) is 18.4 Å². The summed E-state index contributed by atoms with van der Waals surface area (Å²) in [5, 5.41) is 9.72. The summed E-state index contributed by atoms with van der Waals surface area (Å²) in [6.45, 7) is 0.351. The van der Waals surface area contributed by atoms with Crippen LogP contribution in [0.15, 0.2) is 24.3 Å². The van der Waals surface area contributed by atoms with Crippen LogP contribution in [-0.4, -0.2) is 24.5 Å². The molecule has 1 aromatic carbocycles. The Bertz CT molecular complexity index is 363. The lowest BCUT2D eigenvalue weighted by Crippen LogP contribution is -2.19. The molecule has 0 radical (unpaired) electrons. The Balaban J connectivity index is 2.50. The molecule has 1 rings (SSSR count). The van der Waals surface area contributed by atoms with Gasteiger partial charge in [-0.05, 0) is 17.5 Å². The maximum absolute atomic E-state index is 11.9. The first-order chi connectivity index (χ1) is 8.42. The topological polar surface area (TPSA) is 29.5 Å². The average Bonchev–Trinajstić information content (AvgIpc) is 2.28. The normalized spacial score (nSPS) is 13.6. The van der Waals surface area contributed by atoms with Crippen molar-refractivity contribution in [1.29, 1.82) is 0 Å². The number of rotatable bonds is 6. The van der Waals surface area contributed by atoms with Crippen molar-refractivity contribution < 1.29 is 23.0 Å². The van der Waals surface area contributed by atoms with Gasteiger partial charge in [0, 0.05) is 0 Å². The molecule has 0 saturated carbocycles. The van der Waals surface area contributed by atoms with Crippen LogP contribution in [0.5, 0.6) is 0 Å². The lowest BCUT2D eigenvalue weighted by molar-refractivity contribution is -0.179. The zero-order chi connectivity index (χ0) is 13.6. The highest BCUT2D eigenvalue weighted by Gasteiger charge is 2.27. The van der Waals surface area contributed by atoms with Gasteiger partial charge in [0.1, 0.15) is 12.7 Å². The van der Waals surface area contributed by atoms with E-state index in [9.17, 15) is 18.3 Å². The summed E-state index contributed by atoms with van der Waals surface area (Å²) in [4.78, 5) is 0. The average molecular weight is 262 g/mol. The van der Waals surface area contributed by atoms with E-state index in [4.69, 9.17) is 0 Å². The zero-order valence-electron chi connectivity index (χ0n) is 10.2. The largest absolute Gasteiger partial charge is 0.411 e. The first kappa shape index (κ1) is 15.0. The lowest BCUT2D eigenvalue weighted by atomic mass is 10.0. The number of aliphatic hydroxyl groups excluding tert-OH is 1. The number of alkyl halides is 3. The van der Waals surface area contributed by atoms with Gasteiger partial charge in [0.05, 0.1) is 6.61 Å². The maximum Gasteiger partial charge on any atom is 0.411 e. The van der Waals surface area contributed by atoms with Crippen molar-refractivity contribution in [2.24, 2.45) is 0 Å². The number of hydrogen-bond acceptors (Lipinski definition) is 2. The van der Waals surface area contributed by atoms with Crippen molar-refractivity contribution in [3.63, 3.8) is 0 Å². The molecule has 1 atom stereocenters. The predicted octanol–water partition coefficient (Wildman–Crippen LogP) is 3.25. The van der Waals surface area contributed by atoms with Crippen molar-refractivity contribution in [2.45, 2.75) is 32.0 Å². The minimum atomic E-state index is -4.36. The Morgan fingerprint density at radius 2 is 2.06 bits per heavy atom. The third kappa shape index (κ3) is 5.51. The quantitative estimate of drug-likeness (QED) is 0.852. The van der Waals surface area contributed by atoms with Gasteiger partial charge in [-0.15, -0.1) is 0 Å². The van der Waals surface area contributed by atoms with Crippen LogP contribution in [0.1, 0.15) is 30.6 Å². The van der Waals surface area contributed by atoms with E-state index in [0.29, 0.717) is 5.56 Å². The minimum absolute atomic E-state index is 0.352. The molecule has 1 N–H and O–H groups in total. The summed E-state index contributed by atoms with van der Waals surface area (Å²) in [6, 6.07) is 7.19. The molecule has 102 valence electrons. The Labute approximate surface area is 104 Å². The maximum atomic E-state index is 11.9. The molecule has 0 fully saturated rings. The molecule has 0 saturated heterocycles. The number of ether oxygens (including phenoxy) is 1. The number of benzene rings is 1. The van der Waals surface area contributed by atoms with Crippen molar-refractivity contribution in [2.75, 3.05) is 13.2 Å². The van der Waals surface area contributed by atoms with Gasteiger partial charge in [-0.25, -0.2) is 0 Å². The van der Waals surface area contributed by atoms with Crippen LogP contribution in [-0.2, 0) is 11.2 Å². The van der Waals surface area contributed by atoms with Crippen LogP contribution < -0.4 is 0 Å². The zero-order valence-corrected chi connectivity index (χ0v) is 10.2. The summed E-state index contributed by atoms with van der Waals surface area (Å²) in [7, 11) is 0. The molecular formula is C13H17F3O2. The van der Waals surface area contributed by atoms with Gasteiger partial charge in [0.15, 0.2) is 0 Å². The predicted molar refractivity (Wildman–Crippen MR) is 62.3 cm³/mol. The van der Waals surface area contributed by atoms with Gasteiger partial charge in [0.2, 0.25) is 0 Å². The van der Waals surface area contributed by atoms with E-state index in [1.54, 1.807) is 18.2 Å². The molecule has 0 bridgehead atoms. The lowest BCUT2D eigenvalue weighted by Gasteiger charge is -2.13. The third-order valence-corrected chi connectivity index (χ3v) is 2.42. The molecule has 1 aromatic rings. The van der Waals surface area contributed by atoms with Gasteiger partial charge in [-0.2, -0.15) is 13.2 Å². The molecule has 0 aliphatic carbocycles. The van der Waals surface area contributed by atoms with Gasteiger partial charge in [-0.3, -0.25) is 0 Å². The highest BCUT2D eigenvalue weighted by Crippen LogP contribution is 2.19. The van der Waals surface area contributed by atoms with Gasteiger partial charge in [0.25, 0.3) is 0 Å². The summed E-state index contributed by atoms with van der Waals surface area (Å²) in [6.07, 6.45) is -3.53. The molecular weight excluding hydrogens is 245 g/mol. The number of halogens is 3. The molecule has 0 amide bonds. The molecule has 0 spiro atoms. The summed E-state index contributed by atoms with van der Waals surface area (Å²) < 4.78 is 40.0. The molecule has 5 heteroatoms. The van der Waals surface area contributed by atoms with Crippen LogP contribution in [0.2, 0.25) is 0 Å². The fourth-order valence-electron chi connectivity index (χ4n) is 1.63. The number of aryl methyl sites for hydroxylation is 1. The summed E-state index contributed by atoms with van der Waals surface area (Å²) in [5.41, 5.74) is 1.65. The van der Waals surface area contributed by atoms with Gasteiger partial charge in [-0.1, -0.05) is 37.6 Å².